The smallest absolute Gasteiger partial charge is 0.333 e. The van der Waals surface area contributed by atoms with E-state index in [-0.39, 0.29) is 5.41 Å². The largest absolute Gasteiger partial charge is 0.430 e. The molecule has 4 heteroatoms. The molecule has 0 unspecified atom stereocenters. The summed E-state index contributed by atoms with van der Waals surface area (Å²) < 4.78 is 0. The molecule has 0 atom stereocenters. The number of carbonyl (C=O) groups excluding carboxylic acids is 1. The Kier molecular flexibility index (Phi) is 2.86. The van der Waals surface area contributed by atoms with E-state index in [4.69, 9.17) is 0 Å². The van der Waals surface area contributed by atoms with E-state index < -0.39 is 6.09 Å². The van der Waals surface area contributed by atoms with Crippen LogP contribution in [0.25, 0.3) is 0 Å². The zero-order chi connectivity index (χ0) is 8.20. The highest BCUT2D eigenvalue weighted by molar-refractivity contribution is 5.67. The van der Waals surface area contributed by atoms with Crippen LogP contribution in [0.3, 0.4) is 0 Å². The van der Waals surface area contributed by atoms with Crippen LogP contribution >= 0.6 is 0 Å². The molecule has 0 aromatic heterocycles. The first-order valence-electron chi connectivity index (χ1n) is 2.93. The van der Waals surface area contributed by atoms with Crippen LogP contribution < -0.4 is 5.73 Å². The third-order valence-electron chi connectivity index (χ3n) is 0.583. The van der Waals surface area contributed by atoms with Gasteiger partial charge in [-0.1, -0.05) is 25.9 Å². The number of primary amides is 1. The van der Waals surface area contributed by atoms with Gasteiger partial charge in [-0.15, -0.1) is 0 Å². The molecule has 0 bridgehead atoms. The molecule has 0 radical (unpaired) electrons. The summed E-state index contributed by atoms with van der Waals surface area (Å²) in [5.74, 6) is 0. The summed E-state index contributed by atoms with van der Waals surface area (Å²) in [7, 11) is 0. The van der Waals surface area contributed by atoms with Crippen LogP contribution in [0.4, 0.5) is 4.79 Å². The summed E-state index contributed by atoms with van der Waals surface area (Å²) in [6.07, 6.45) is 0.623. The Morgan fingerprint density at radius 1 is 1.60 bits per heavy atom. The van der Waals surface area contributed by atoms with Crippen LogP contribution in [0, 0.1) is 5.41 Å². The second-order valence-corrected chi connectivity index (χ2v) is 3.01. The molecule has 10 heavy (non-hydrogen) atoms. The number of amides is 1. The van der Waals surface area contributed by atoms with E-state index in [0.29, 0.717) is 0 Å². The van der Waals surface area contributed by atoms with Crippen LogP contribution in [0.5, 0.6) is 0 Å². The monoisotopic (exact) mass is 144 g/mol. The topological polar surface area (TPSA) is 64.7 Å². The number of nitrogens with zero attached hydrogens (tertiary/aromatic N) is 1. The van der Waals surface area contributed by atoms with Gasteiger partial charge in [0, 0.05) is 11.6 Å². The molecule has 1 amide bonds. The van der Waals surface area contributed by atoms with Crippen molar-refractivity contribution in [2.75, 3.05) is 0 Å². The molecule has 0 aliphatic heterocycles. The molecular weight excluding hydrogens is 132 g/mol. The predicted octanol–water partition coefficient (Wildman–Crippen LogP) is 1.11. The first-order valence-corrected chi connectivity index (χ1v) is 2.93. The highest BCUT2D eigenvalue weighted by Gasteiger charge is 2.05. The van der Waals surface area contributed by atoms with Gasteiger partial charge in [0.15, 0.2) is 0 Å². The lowest BCUT2D eigenvalue weighted by Gasteiger charge is -2.07. The Hall–Kier alpha value is -1.06. The Labute approximate surface area is 60.0 Å². The van der Waals surface area contributed by atoms with Crippen molar-refractivity contribution in [3.05, 3.63) is 0 Å². The zero-order valence-electron chi connectivity index (χ0n) is 6.42. The molecule has 0 saturated heterocycles. The summed E-state index contributed by atoms with van der Waals surface area (Å²) in [6.45, 7) is 5.79. The number of carbonyl (C=O) groups is 1. The second-order valence-electron chi connectivity index (χ2n) is 3.01. The fraction of sp³-hybridized carbons (Fsp3) is 0.667. The fourth-order valence-corrected chi connectivity index (χ4v) is 0.236. The van der Waals surface area contributed by atoms with Gasteiger partial charge in [-0.05, 0) is 0 Å². The maximum Gasteiger partial charge on any atom is 0.430 e. The standard InChI is InChI=1S/C6H12N2O2/c1-6(2,3)4-8-10-5(7)9/h4H,1-3H3,(H2,7,9). The van der Waals surface area contributed by atoms with E-state index in [9.17, 15) is 4.79 Å². The van der Waals surface area contributed by atoms with Crippen LogP contribution in [-0.2, 0) is 4.84 Å². The lowest BCUT2D eigenvalue weighted by Crippen LogP contribution is -2.12. The lowest BCUT2D eigenvalue weighted by molar-refractivity contribution is 0.161. The van der Waals surface area contributed by atoms with Gasteiger partial charge >= 0.3 is 6.09 Å². The van der Waals surface area contributed by atoms with Gasteiger partial charge in [-0.25, -0.2) is 4.79 Å². The molecule has 4 nitrogen and oxygen atoms in total. The molecule has 0 fully saturated rings. The van der Waals surface area contributed by atoms with Crippen molar-refractivity contribution in [1.82, 2.24) is 0 Å². The normalized spacial score (nSPS) is 11.9. The Balaban J connectivity index is 3.67. The van der Waals surface area contributed by atoms with Gasteiger partial charge in [-0.3, -0.25) is 4.84 Å². The molecular formula is C6H12N2O2. The summed E-state index contributed by atoms with van der Waals surface area (Å²) in [6, 6.07) is 0. The van der Waals surface area contributed by atoms with Crippen molar-refractivity contribution in [2.24, 2.45) is 16.3 Å². The van der Waals surface area contributed by atoms with Gasteiger partial charge < -0.3 is 5.73 Å². The third-order valence-corrected chi connectivity index (χ3v) is 0.583. The minimum Gasteiger partial charge on any atom is -0.333 e. The molecule has 0 aliphatic carbocycles. The van der Waals surface area contributed by atoms with Gasteiger partial charge in [0.25, 0.3) is 0 Å². The lowest BCUT2D eigenvalue weighted by atomic mass is 10.00. The second kappa shape index (κ2) is 3.20. The SMILES string of the molecule is CC(C)(C)C=NOC(N)=O. The summed E-state index contributed by atoms with van der Waals surface area (Å²) in [5, 5.41) is 3.34. The summed E-state index contributed by atoms with van der Waals surface area (Å²) >= 11 is 0. The van der Waals surface area contributed by atoms with Crippen molar-refractivity contribution in [2.45, 2.75) is 20.8 Å². The van der Waals surface area contributed by atoms with Crippen LogP contribution in [-0.4, -0.2) is 12.3 Å². The molecule has 58 valence electrons. The molecule has 0 aromatic rings. The Morgan fingerprint density at radius 3 is 2.40 bits per heavy atom. The van der Waals surface area contributed by atoms with Gasteiger partial charge in [-0.2, -0.15) is 0 Å². The van der Waals surface area contributed by atoms with Gasteiger partial charge in [0.2, 0.25) is 0 Å². The number of nitrogens with two attached hydrogens (primary N) is 1. The van der Waals surface area contributed by atoms with Gasteiger partial charge in [0.05, 0.1) is 0 Å². The summed E-state index contributed by atoms with van der Waals surface area (Å²) in [5.41, 5.74) is 4.56. The Morgan fingerprint density at radius 2 is 2.10 bits per heavy atom. The third kappa shape index (κ3) is 6.94. The minimum atomic E-state index is -0.888. The molecule has 0 aromatic carbocycles. The minimum absolute atomic E-state index is 0.0878. The van der Waals surface area contributed by atoms with Crippen LogP contribution in [0.15, 0.2) is 5.16 Å². The fourth-order valence-electron chi connectivity index (χ4n) is 0.236. The van der Waals surface area contributed by atoms with Gasteiger partial charge in [0.1, 0.15) is 0 Å². The van der Waals surface area contributed by atoms with E-state index in [0.717, 1.165) is 0 Å². The van der Waals surface area contributed by atoms with Crippen molar-refractivity contribution in [1.29, 1.82) is 0 Å². The average Bonchev–Trinajstić information content (AvgIpc) is 1.59. The quantitative estimate of drug-likeness (QED) is 0.340. The van der Waals surface area contributed by atoms with E-state index in [1.54, 1.807) is 0 Å². The number of hydrogen-bond donors (Lipinski definition) is 1. The maximum absolute atomic E-state index is 9.97. The molecule has 0 saturated carbocycles. The Bertz CT molecular complexity index is 146. The summed E-state index contributed by atoms with van der Waals surface area (Å²) in [4.78, 5) is 14.1. The first kappa shape index (κ1) is 8.94. The number of rotatable bonds is 1. The van der Waals surface area contributed by atoms with Crippen LogP contribution in [0.2, 0.25) is 0 Å². The molecule has 0 aliphatic rings. The molecule has 0 spiro atoms. The first-order chi connectivity index (χ1) is 4.42. The van der Waals surface area contributed by atoms with Crippen molar-refractivity contribution in [3.63, 3.8) is 0 Å². The zero-order valence-corrected chi connectivity index (χ0v) is 6.42. The number of hydrogen-bond acceptors (Lipinski definition) is 3. The highest BCUT2D eigenvalue weighted by Crippen LogP contribution is 2.07. The molecule has 2 N–H and O–H groups in total. The molecule has 0 rings (SSSR count). The van der Waals surface area contributed by atoms with E-state index in [2.05, 4.69) is 15.7 Å². The predicted molar refractivity (Wildman–Crippen MR) is 38.6 cm³/mol. The van der Waals surface area contributed by atoms with Crippen molar-refractivity contribution in [3.8, 4) is 0 Å². The van der Waals surface area contributed by atoms with Crippen molar-refractivity contribution < 1.29 is 9.63 Å². The van der Waals surface area contributed by atoms with E-state index >= 15 is 0 Å². The van der Waals surface area contributed by atoms with E-state index in [1.165, 1.54) is 6.21 Å². The molecule has 0 heterocycles. The highest BCUT2D eigenvalue weighted by atomic mass is 16.7. The van der Waals surface area contributed by atoms with E-state index in [1.807, 2.05) is 20.8 Å². The maximum atomic E-state index is 9.97. The van der Waals surface area contributed by atoms with Crippen LogP contribution in [0.1, 0.15) is 20.8 Å². The average molecular weight is 144 g/mol. The number of oxime groups is 1. The van der Waals surface area contributed by atoms with Crippen molar-refractivity contribution >= 4 is 12.3 Å².